The number of hydrogen-bond donors (Lipinski definition) is 2. The summed E-state index contributed by atoms with van der Waals surface area (Å²) in [6, 6.07) is 7.57. The summed E-state index contributed by atoms with van der Waals surface area (Å²) in [5.74, 6) is 0.0913. The van der Waals surface area contributed by atoms with Crippen molar-refractivity contribution in [3.8, 4) is 0 Å². The van der Waals surface area contributed by atoms with Crippen LogP contribution in [0.1, 0.15) is 39.7 Å². The highest BCUT2D eigenvalue weighted by Gasteiger charge is 2.14. The lowest BCUT2D eigenvalue weighted by molar-refractivity contribution is 0.590. The van der Waals surface area contributed by atoms with Crippen LogP contribution in [0.4, 0.5) is 5.69 Å². The lowest BCUT2D eigenvalue weighted by Crippen LogP contribution is -2.27. The van der Waals surface area contributed by atoms with Gasteiger partial charge in [-0.3, -0.25) is 4.72 Å². The smallest absolute Gasteiger partial charge is 0.233 e. The van der Waals surface area contributed by atoms with E-state index in [1.54, 1.807) is 0 Å². The summed E-state index contributed by atoms with van der Waals surface area (Å²) in [4.78, 5) is 0. The molecule has 5 heteroatoms. The van der Waals surface area contributed by atoms with Gasteiger partial charge in [0.25, 0.3) is 0 Å². The van der Waals surface area contributed by atoms with Gasteiger partial charge in [0.1, 0.15) is 0 Å². The van der Waals surface area contributed by atoms with E-state index in [0.29, 0.717) is 12.2 Å². The lowest BCUT2D eigenvalue weighted by Gasteiger charge is -2.19. The maximum atomic E-state index is 11.9. The molecule has 0 amide bonds. The topological polar surface area (TPSA) is 58.2 Å². The van der Waals surface area contributed by atoms with E-state index in [1.807, 2.05) is 24.3 Å². The number of benzene rings is 1. The minimum atomic E-state index is -3.28. The molecule has 0 aliphatic heterocycles. The van der Waals surface area contributed by atoms with Gasteiger partial charge in [0.05, 0.1) is 5.75 Å². The zero-order valence-electron chi connectivity index (χ0n) is 12.9. The number of rotatable bonds is 7. The molecule has 0 bridgehead atoms. The van der Waals surface area contributed by atoms with Crippen molar-refractivity contribution in [3.05, 3.63) is 29.8 Å². The summed E-state index contributed by atoms with van der Waals surface area (Å²) in [6.45, 7) is 9.76. The van der Waals surface area contributed by atoms with Gasteiger partial charge in [-0.1, -0.05) is 39.8 Å². The molecule has 0 aliphatic carbocycles. The average Bonchev–Trinajstić information content (AvgIpc) is 2.34. The average molecular weight is 298 g/mol. The fraction of sp³-hybridized carbons (Fsp3) is 0.600. The second-order valence-corrected chi connectivity index (χ2v) is 7.84. The Morgan fingerprint density at radius 2 is 1.65 bits per heavy atom. The summed E-state index contributed by atoms with van der Waals surface area (Å²) in [6.07, 6.45) is 1.00. The Morgan fingerprint density at radius 3 is 2.15 bits per heavy atom. The first-order valence-corrected chi connectivity index (χ1v) is 8.71. The molecule has 1 rings (SSSR count). The van der Waals surface area contributed by atoms with Gasteiger partial charge in [-0.2, -0.15) is 0 Å². The zero-order valence-corrected chi connectivity index (χ0v) is 13.7. The van der Waals surface area contributed by atoms with Crippen LogP contribution in [0.25, 0.3) is 0 Å². The van der Waals surface area contributed by atoms with Gasteiger partial charge in [-0.15, -0.1) is 0 Å². The van der Waals surface area contributed by atoms with E-state index in [-0.39, 0.29) is 11.2 Å². The third kappa shape index (κ3) is 5.92. The quantitative estimate of drug-likeness (QED) is 0.761. The second kappa shape index (κ2) is 7.09. The minimum absolute atomic E-state index is 0.0709. The number of hydrogen-bond acceptors (Lipinski definition) is 3. The van der Waals surface area contributed by atoms with Crippen LogP contribution in [0, 0.1) is 0 Å². The first-order chi connectivity index (χ1) is 9.24. The van der Waals surface area contributed by atoms with E-state index in [4.69, 9.17) is 0 Å². The first-order valence-electron chi connectivity index (χ1n) is 7.06. The highest BCUT2D eigenvalue weighted by Crippen LogP contribution is 2.23. The molecule has 0 saturated heterocycles. The molecule has 0 radical (unpaired) electrons. The van der Waals surface area contributed by atoms with Crippen molar-refractivity contribution in [1.29, 1.82) is 0 Å². The molecule has 1 aromatic rings. The summed E-state index contributed by atoms with van der Waals surface area (Å²) in [5, 5.41) is 3.09. The SMILES string of the molecule is CCCNCCS(=O)(=O)Nc1ccc(C(C)(C)C)cc1. The van der Waals surface area contributed by atoms with Gasteiger partial charge in [0.2, 0.25) is 10.0 Å². The predicted molar refractivity (Wildman–Crippen MR) is 85.7 cm³/mol. The molecule has 1 aromatic carbocycles. The normalized spacial score (nSPS) is 12.4. The lowest BCUT2D eigenvalue weighted by atomic mass is 9.87. The Kier molecular flexibility index (Phi) is 6.02. The maximum absolute atomic E-state index is 11.9. The van der Waals surface area contributed by atoms with Crippen LogP contribution < -0.4 is 10.0 Å². The van der Waals surface area contributed by atoms with Crippen molar-refractivity contribution < 1.29 is 8.42 Å². The summed E-state index contributed by atoms with van der Waals surface area (Å²) in [5.41, 5.74) is 1.88. The van der Waals surface area contributed by atoms with E-state index in [2.05, 4.69) is 37.7 Å². The molecule has 114 valence electrons. The van der Waals surface area contributed by atoms with E-state index in [1.165, 1.54) is 5.56 Å². The van der Waals surface area contributed by atoms with Crippen LogP contribution in [-0.2, 0) is 15.4 Å². The third-order valence-electron chi connectivity index (χ3n) is 3.00. The summed E-state index contributed by atoms with van der Waals surface area (Å²) < 4.78 is 26.4. The monoisotopic (exact) mass is 298 g/mol. The van der Waals surface area contributed by atoms with E-state index in [9.17, 15) is 8.42 Å². The van der Waals surface area contributed by atoms with Crippen molar-refractivity contribution in [3.63, 3.8) is 0 Å². The molecule has 0 saturated carbocycles. The van der Waals surface area contributed by atoms with Crippen molar-refractivity contribution in [2.45, 2.75) is 39.5 Å². The minimum Gasteiger partial charge on any atom is -0.316 e. The van der Waals surface area contributed by atoms with Gasteiger partial charge in [0.15, 0.2) is 0 Å². The molecular formula is C15H26N2O2S. The van der Waals surface area contributed by atoms with Crippen LogP contribution in [-0.4, -0.2) is 27.3 Å². The highest BCUT2D eigenvalue weighted by atomic mass is 32.2. The van der Waals surface area contributed by atoms with Crippen LogP contribution in [0.15, 0.2) is 24.3 Å². The summed E-state index contributed by atoms with van der Waals surface area (Å²) >= 11 is 0. The highest BCUT2D eigenvalue weighted by molar-refractivity contribution is 7.92. The van der Waals surface area contributed by atoms with Gasteiger partial charge in [0, 0.05) is 12.2 Å². The fourth-order valence-electron chi connectivity index (χ4n) is 1.78. The standard InChI is InChI=1S/C15H26N2O2S/c1-5-10-16-11-12-20(18,19)17-14-8-6-13(7-9-14)15(2,3)4/h6-9,16-17H,5,10-12H2,1-4H3. The number of sulfonamides is 1. The molecule has 0 atom stereocenters. The Bertz CT molecular complexity index is 502. The van der Waals surface area contributed by atoms with E-state index < -0.39 is 10.0 Å². The molecular weight excluding hydrogens is 272 g/mol. The van der Waals surface area contributed by atoms with Crippen molar-refractivity contribution >= 4 is 15.7 Å². The molecule has 0 heterocycles. The summed E-state index contributed by atoms with van der Waals surface area (Å²) in [7, 11) is -3.28. The van der Waals surface area contributed by atoms with Gasteiger partial charge in [-0.25, -0.2) is 8.42 Å². The van der Waals surface area contributed by atoms with Gasteiger partial charge in [-0.05, 0) is 36.1 Å². The van der Waals surface area contributed by atoms with Crippen molar-refractivity contribution in [2.24, 2.45) is 0 Å². The Balaban J connectivity index is 2.59. The van der Waals surface area contributed by atoms with Crippen LogP contribution in [0.5, 0.6) is 0 Å². The fourth-order valence-corrected chi connectivity index (χ4v) is 2.79. The molecule has 0 unspecified atom stereocenters. The second-order valence-electron chi connectivity index (χ2n) is 6.00. The van der Waals surface area contributed by atoms with Crippen molar-refractivity contribution in [1.82, 2.24) is 5.32 Å². The molecule has 0 fully saturated rings. The molecule has 20 heavy (non-hydrogen) atoms. The number of anilines is 1. The molecule has 2 N–H and O–H groups in total. The van der Waals surface area contributed by atoms with Gasteiger partial charge >= 0.3 is 0 Å². The van der Waals surface area contributed by atoms with Crippen LogP contribution in [0.2, 0.25) is 0 Å². The zero-order chi connectivity index (χ0) is 15.2. The van der Waals surface area contributed by atoms with Crippen LogP contribution >= 0.6 is 0 Å². The van der Waals surface area contributed by atoms with Crippen LogP contribution in [0.3, 0.4) is 0 Å². The van der Waals surface area contributed by atoms with E-state index in [0.717, 1.165) is 13.0 Å². The van der Waals surface area contributed by atoms with Gasteiger partial charge < -0.3 is 5.32 Å². The Labute approximate surface area is 123 Å². The van der Waals surface area contributed by atoms with E-state index >= 15 is 0 Å². The number of nitrogens with one attached hydrogen (secondary N) is 2. The third-order valence-corrected chi connectivity index (χ3v) is 4.29. The predicted octanol–water partition coefficient (Wildman–Crippen LogP) is 2.73. The molecule has 0 spiro atoms. The Morgan fingerprint density at radius 1 is 1.05 bits per heavy atom. The molecule has 0 aromatic heterocycles. The molecule has 4 nitrogen and oxygen atoms in total. The Hall–Kier alpha value is -1.07. The van der Waals surface area contributed by atoms with Crippen molar-refractivity contribution in [2.75, 3.05) is 23.6 Å². The first kappa shape index (κ1) is 17.0. The maximum Gasteiger partial charge on any atom is 0.233 e. The molecule has 0 aliphatic rings. The largest absolute Gasteiger partial charge is 0.316 e.